The SMILES string of the molecule is C.C.C.Nc1ccc(C=C(c2ccc(CO)cc2)c2ccc(CO)cc2)cc1. The van der Waals surface area contributed by atoms with Gasteiger partial charge >= 0.3 is 0 Å². The molecular formula is C25H33NO2. The molecule has 0 atom stereocenters. The molecule has 0 bridgehead atoms. The molecule has 0 spiro atoms. The number of nitrogens with two attached hydrogens (primary N) is 1. The minimum atomic E-state index is 0. The summed E-state index contributed by atoms with van der Waals surface area (Å²) in [6.07, 6.45) is 2.11. The van der Waals surface area contributed by atoms with Gasteiger partial charge < -0.3 is 15.9 Å². The molecule has 3 rings (SSSR count). The second-order valence-electron chi connectivity index (χ2n) is 5.93. The van der Waals surface area contributed by atoms with Crippen molar-refractivity contribution in [1.82, 2.24) is 0 Å². The number of aliphatic hydroxyl groups is 2. The molecule has 0 aromatic heterocycles. The van der Waals surface area contributed by atoms with Crippen LogP contribution in [0.1, 0.15) is 50.1 Å². The van der Waals surface area contributed by atoms with Crippen LogP contribution in [0.3, 0.4) is 0 Å². The second kappa shape index (κ2) is 11.8. The molecular weight excluding hydrogens is 346 g/mol. The molecule has 4 N–H and O–H groups in total. The van der Waals surface area contributed by atoms with E-state index in [0.29, 0.717) is 0 Å². The van der Waals surface area contributed by atoms with E-state index in [1.54, 1.807) is 0 Å². The maximum atomic E-state index is 9.25. The lowest BCUT2D eigenvalue weighted by molar-refractivity contribution is 0.281. The zero-order valence-corrected chi connectivity index (χ0v) is 13.9. The normalized spacial score (nSPS) is 9.36. The predicted octanol–water partition coefficient (Wildman–Crippen LogP) is 5.75. The van der Waals surface area contributed by atoms with Crippen LogP contribution in [0.2, 0.25) is 0 Å². The Morgan fingerprint density at radius 2 is 1.04 bits per heavy atom. The standard InChI is InChI=1S/C22H21NO2.3CH4/c23-21-11-5-16(6-12-21)13-22(19-7-1-17(14-24)2-8-19)20-9-3-18(15-25)4-10-20;;;/h1-13,24-25H,14-15,23H2;3*1H4. The Labute approximate surface area is 169 Å². The number of aliphatic hydroxyl groups excluding tert-OH is 2. The van der Waals surface area contributed by atoms with Crippen molar-refractivity contribution in [3.63, 3.8) is 0 Å². The van der Waals surface area contributed by atoms with Gasteiger partial charge in [0.2, 0.25) is 0 Å². The van der Waals surface area contributed by atoms with Crippen LogP contribution < -0.4 is 5.73 Å². The van der Waals surface area contributed by atoms with Crippen molar-refractivity contribution in [3.05, 3.63) is 101 Å². The van der Waals surface area contributed by atoms with Crippen LogP contribution in [0.5, 0.6) is 0 Å². The van der Waals surface area contributed by atoms with Crippen LogP contribution in [-0.2, 0) is 13.2 Å². The Morgan fingerprint density at radius 1 is 0.643 bits per heavy atom. The Hall–Kier alpha value is -2.88. The molecule has 3 aromatic rings. The van der Waals surface area contributed by atoms with Gasteiger partial charge in [0.15, 0.2) is 0 Å². The number of benzene rings is 3. The van der Waals surface area contributed by atoms with Crippen molar-refractivity contribution < 1.29 is 10.2 Å². The topological polar surface area (TPSA) is 66.5 Å². The minimum absolute atomic E-state index is 0. The fourth-order valence-corrected chi connectivity index (χ4v) is 2.67. The van der Waals surface area contributed by atoms with Crippen LogP contribution in [0.15, 0.2) is 72.8 Å². The molecule has 0 unspecified atom stereocenters. The second-order valence-corrected chi connectivity index (χ2v) is 5.93. The van der Waals surface area contributed by atoms with E-state index in [-0.39, 0.29) is 35.5 Å². The Balaban J connectivity index is 0.00000243. The van der Waals surface area contributed by atoms with Crippen molar-refractivity contribution in [3.8, 4) is 0 Å². The van der Waals surface area contributed by atoms with Gasteiger partial charge in [0, 0.05) is 5.69 Å². The smallest absolute Gasteiger partial charge is 0.0681 e. The first-order valence-corrected chi connectivity index (χ1v) is 8.17. The van der Waals surface area contributed by atoms with Gasteiger partial charge in [0.25, 0.3) is 0 Å². The summed E-state index contributed by atoms with van der Waals surface area (Å²) in [4.78, 5) is 0. The lowest BCUT2D eigenvalue weighted by Gasteiger charge is -2.11. The molecule has 150 valence electrons. The highest BCUT2D eigenvalue weighted by Gasteiger charge is 2.06. The number of hydrogen-bond donors (Lipinski definition) is 3. The summed E-state index contributed by atoms with van der Waals surface area (Å²) in [6.45, 7) is 0.0605. The maximum absolute atomic E-state index is 9.25. The van der Waals surface area contributed by atoms with E-state index in [2.05, 4.69) is 6.08 Å². The van der Waals surface area contributed by atoms with Gasteiger partial charge in [0.1, 0.15) is 0 Å². The zero-order valence-electron chi connectivity index (χ0n) is 13.9. The van der Waals surface area contributed by atoms with E-state index in [4.69, 9.17) is 5.73 Å². The third-order valence-corrected chi connectivity index (χ3v) is 4.14. The van der Waals surface area contributed by atoms with Crippen molar-refractivity contribution in [2.45, 2.75) is 35.5 Å². The monoisotopic (exact) mass is 379 g/mol. The molecule has 0 fully saturated rings. The molecule has 0 saturated heterocycles. The first-order valence-electron chi connectivity index (χ1n) is 8.17. The molecule has 0 aliphatic heterocycles. The Bertz CT molecular complexity index is 799. The predicted molar refractivity (Wildman–Crippen MR) is 123 cm³/mol. The van der Waals surface area contributed by atoms with Crippen LogP contribution in [0.25, 0.3) is 11.6 Å². The van der Waals surface area contributed by atoms with E-state index in [9.17, 15) is 10.2 Å². The summed E-state index contributed by atoms with van der Waals surface area (Å²) < 4.78 is 0. The molecule has 0 radical (unpaired) electrons. The number of anilines is 1. The largest absolute Gasteiger partial charge is 0.399 e. The van der Waals surface area contributed by atoms with Gasteiger partial charge in [-0.3, -0.25) is 0 Å². The van der Waals surface area contributed by atoms with E-state index < -0.39 is 0 Å². The van der Waals surface area contributed by atoms with Crippen LogP contribution >= 0.6 is 0 Å². The molecule has 0 heterocycles. The summed E-state index contributed by atoms with van der Waals surface area (Å²) in [6, 6.07) is 23.5. The highest BCUT2D eigenvalue weighted by atomic mass is 16.3. The van der Waals surface area contributed by atoms with Crippen molar-refractivity contribution >= 4 is 17.3 Å². The van der Waals surface area contributed by atoms with Gasteiger partial charge in [-0.25, -0.2) is 0 Å². The molecule has 0 aliphatic rings. The average molecular weight is 380 g/mol. The summed E-state index contributed by atoms with van der Waals surface area (Å²) in [5.74, 6) is 0. The molecule has 28 heavy (non-hydrogen) atoms. The summed E-state index contributed by atoms with van der Waals surface area (Å²) in [7, 11) is 0. The summed E-state index contributed by atoms with van der Waals surface area (Å²) in [5.41, 5.74) is 12.5. The van der Waals surface area contributed by atoms with Crippen molar-refractivity contribution in [1.29, 1.82) is 0 Å². The first kappa shape index (κ1) is 25.1. The molecule has 3 aromatic carbocycles. The lowest BCUT2D eigenvalue weighted by Crippen LogP contribution is -1.92. The van der Waals surface area contributed by atoms with E-state index in [1.165, 1.54) is 0 Å². The quantitative estimate of drug-likeness (QED) is 0.390. The van der Waals surface area contributed by atoms with Gasteiger partial charge in [-0.05, 0) is 51.6 Å². The number of hydrogen-bond acceptors (Lipinski definition) is 3. The minimum Gasteiger partial charge on any atom is -0.399 e. The third kappa shape index (κ3) is 6.08. The average Bonchev–Trinajstić information content (AvgIpc) is 2.68. The van der Waals surface area contributed by atoms with Gasteiger partial charge in [-0.1, -0.05) is 82.9 Å². The number of rotatable bonds is 5. The molecule has 0 aliphatic carbocycles. The highest BCUT2D eigenvalue weighted by molar-refractivity contribution is 5.91. The fraction of sp³-hybridized carbons (Fsp3) is 0.200. The van der Waals surface area contributed by atoms with Crippen molar-refractivity contribution in [2.75, 3.05) is 5.73 Å². The maximum Gasteiger partial charge on any atom is 0.0681 e. The fourth-order valence-electron chi connectivity index (χ4n) is 2.67. The number of nitrogen functional groups attached to an aromatic ring is 1. The van der Waals surface area contributed by atoms with Gasteiger partial charge in [0.05, 0.1) is 13.2 Å². The molecule has 0 amide bonds. The third-order valence-electron chi connectivity index (χ3n) is 4.14. The van der Waals surface area contributed by atoms with Gasteiger partial charge in [-0.2, -0.15) is 0 Å². The van der Waals surface area contributed by atoms with Crippen LogP contribution in [-0.4, -0.2) is 10.2 Å². The van der Waals surface area contributed by atoms with Crippen molar-refractivity contribution in [2.24, 2.45) is 0 Å². The first-order chi connectivity index (χ1) is 12.2. The van der Waals surface area contributed by atoms with E-state index in [0.717, 1.165) is 39.1 Å². The molecule has 0 saturated carbocycles. The lowest BCUT2D eigenvalue weighted by atomic mass is 9.94. The van der Waals surface area contributed by atoms with E-state index in [1.807, 2.05) is 72.8 Å². The molecule has 3 nitrogen and oxygen atoms in total. The van der Waals surface area contributed by atoms with Gasteiger partial charge in [-0.15, -0.1) is 0 Å². The summed E-state index contributed by atoms with van der Waals surface area (Å²) in [5, 5.41) is 18.5. The van der Waals surface area contributed by atoms with Crippen LogP contribution in [0.4, 0.5) is 5.69 Å². The Morgan fingerprint density at radius 3 is 1.39 bits per heavy atom. The zero-order chi connectivity index (χ0) is 17.6. The van der Waals surface area contributed by atoms with Crippen LogP contribution in [0, 0.1) is 0 Å². The Kier molecular flexibility index (Phi) is 10.5. The molecule has 3 heteroatoms. The highest BCUT2D eigenvalue weighted by Crippen LogP contribution is 2.27. The van der Waals surface area contributed by atoms with E-state index >= 15 is 0 Å². The summed E-state index contributed by atoms with van der Waals surface area (Å²) >= 11 is 0.